The average molecular weight is 478 g/mol. The summed E-state index contributed by atoms with van der Waals surface area (Å²) in [5.41, 5.74) is 0.236. The first-order valence-electron chi connectivity index (χ1n) is 9.14. The Bertz CT molecular complexity index is 970. The number of hydrogen-bond donors (Lipinski definition) is 3. The monoisotopic (exact) mass is 478 g/mol. The van der Waals surface area contributed by atoms with Crippen LogP contribution in [-0.2, 0) is 16.0 Å². The molecule has 33 heavy (non-hydrogen) atoms. The number of aliphatic carboxylic acids is 2. The molecular weight excluding hydrogens is 458 g/mol. The maximum Gasteiger partial charge on any atom is 1.00 e. The first-order valence-corrected chi connectivity index (χ1v) is 9.14. The molecule has 0 saturated heterocycles. The minimum atomic E-state index is -1.69. The normalized spacial score (nSPS) is 10.8. The molecular formula is C21H20Na2O10. The van der Waals surface area contributed by atoms with Gasteiger partial charge >= 0.3 is 59.1 Å². The fourth-order valence-corrected chi connectivity index (χ4v) is 2.85. The standard InChI is InChI=1S/C21H22O10.2Na/c1-30-17-5-3-11(8-14(17)23)2-4-13(22)20-15(24)9-12(10-16(20)25)31-18(21(28)29)6-7-19(26)27;;/h3,5,8-10,18,23-25H,2,4,6-7H2,1H3,(H,26,27)(H,28,29);;/q;2*+1/p-2. The number of phenolic OH excluding ortho intramolecular Hbond substituents is 3. The van der Waals surface area contributed by atoms with Crippen LogP contribution in [0.5, 0.6) is 28.7 Å². The van der Waals surface area contributed by atoms with Crippen molar-refractivity contribution < 1.29 is 109 Å². The van der Waals surface area contributed by atoms with E-state index in [-0.39, 0.29) is 94.8 Å². The van der Waals surface area contributed by atoms with Crippen molar-refractivity contribution in [3.8, 4) is 28.7 Å². The van der Waals surface area contributed by atoms with Crippen LogP contribution < -0.4 is 78.8 Å². The summed E-state index contributed by atoms with van der Waals surface area (Å²) in [7, 11) is 1.40. The largest absolute Gasteiger partial charge is 1.00 e. The Morgan fingerprint density at radius 1 is 0.939 bits per heavy atom. The number of hydrogen-bond acceptors (Lipinski definition) is 10. The predicted octanol–water partition coefficient (Wildman–Crippen LogP) is -6.34. The molecule has 0 bridgehead atoms. The van der Waals surface area contributed by atoms with Gasteiger partial charge in [-0.05, 0) is 37.0 Å². The number of Topliss-reactive ketones (excluding diaryl/α,β-unsaturated/α-hetero) is 1. The molecule has 0 spiro atoms. The number of phenols is 3. The van der Waals surface area contributed by atoms with Crippen LogP contribution in [0.3, 0.4) is 0 Å². The molecule has 166 valence electrons. The Balaban J connectivity index is 0.00000512. The van der Waals surface area contributed by atoms with E-state index < -0.39 is 48.2 Å². The number of carboxylic acid groups (broad SMARTS) is 2. The Morgan fingerprint density at radius 2 is 1.55 bits per heavy atom. The van der Waals surface area contributed by atoms with Crippen LogP contribution in [0, 0.1) is 0 Å². The van der Waals surface area contributed by atoms with Crippen LogP contribution in [0.25, 0.3) is 0 Å². The number of ether oxygens (including phenoxy) is 2. The smallest absolute Gasteiger partial charge is 0.550 e. The van der Waals surface area contributed by atoms with Gasteiger partial charge in [0.2, 0.25) is 0 Å². The zero-order chi connectivity index (χ0) is 23.1. The minimum absolute atomic E-state index is 0. The number of carboxylic acids is 2. The van der Waals surface area contributed by atoms with Gasteiger partial charge in [-0.15, -0.1) is 0 Å². The molecule has 0 amide bonds. The van der Waals surface area contributed by atoms with Gasteiger partial charge in [-0.1, -0.05) is 6.07 Å². The number of carbonyl (C=O) groups is 3. The summed E-state index contributed by atoms with van der Waals surface area (Å²) < 4.78 is 10.0. The third-order valence-corrected chi connectivity index (χ3v) is 4.38. The first-order chi connectivity index (χ1) is 14.6. The molecule has 2 aromatic carbocycles. The number of aromatic hydroxyl groups is 3. The summed E-state index contributed by atoms with van der Waals surface area (Å²) >= 11 is 0. The minimum Gasteiger partial charge on any atom is -0.550 e. The van der Waals surface area contributed by atoms with Crippen LogP contribution in [0.4, 0.5) is 0 Å². The third-order valence-electron chi connectivity index (χ3n) is 4.38. The molecule has 0 fully saturated rings. The molecule has 12 heteroatoms. The van der Waals surface area contributed by atoms with E-state index in [4.69, 9.17) is 9.47 Å². The van der Waals surface area contributed by atoms with E-state index in [9.17, 15) is 39.9 Å². The van der Waals surface area contributed by atoms with E-state index in [2.05, 4.69) is 0 Å². The summed E-state index contributed by atoms with van der Waals surface area (Å²) in [6.45, 7) is 0. The molecule has 1 atom stereocenters. The summed E-state index contributed by atoms with van der Waals surface area (Å²) in [6, 6.07) is 6.47. The van der Waals surface area contributed by atoms with Gasteiger partial charge in [0.15, 0.2) is 17.3 Å². The topological polar surface area (TPSA) is 176 Å². The van der Waals surface area contributed by atoms with Crippen molar-refractivity contribution in [3.05, 3.63) is 41.5 Å². The van der Waals surface area contributed by atoms with E-state index in [1.807, 2.05) is 0 Å². The Kier molecular flexibility index (Phi) is 13.5. The predicted molar refractivity (Wildman–Crippen MR) is 101 cm³/mol. The molecule has 0 radical (unpaired) electrons. The Labute approximate surface area is 233 Å². The van der Waals surface area contributed by atoms with Crippen molar-refractivity contribution in [2.75, 3.05) is 7.11 Å². The number of ketones is 1. The average Bonchev–Trinajstić information content (AvgIpc) is 2.68. The van der Waals surface area contributed by atoms with Gasteiger partial charge in [-0.2, -0.15) is 0 Å². The molecule has 10 nitrogen and oxygen atoms in total. The second kappa shape index (κ2) is 14.3. The van der Waals surface area contributed by atoms with Crippen LogP contribution in [0.1, 0.15) is 35.2 Å². The summed E-state index contributed by atoms with van der Waals surface area (Å²) in [5, 5.41) is 51.7. The van der Waals surface area contributed by atoms with Gasteiger partial charge in [-0.25, -0.2) is 0 Å². The Hall–Kier alpha value is -1.95. The molecule has 2 aromatic rings. The van der Waals surface area contributed by atoms with Crippen molar-refractivity contribution in [3.63, 3.8) is 0 Å². The summed E-state index contributed by atoms with van der Waals surface area (Å²) in [5.74, 6) is -5.18. The van der Waals surface area contributed by atoms with Crippen molar-refractivity contribution in [1.29, 1.82) is 0 Å². The van der Waals surface area contributed by atoms with E-state index in [0.717, 1.165) is 12.1 Å². The third kappa shape index (κ3) is 9.07. The number of carbonyl (C=O) groups excluding carboxylic acids is 3. The van der Waals surface area contributed by atoms with Gasteiger partial charge in [0.25, 0.3) is 0 Å². The van der Waals surface area contributed by atoms with Gasteiger partial charge in [0.05, 0.1) is 13.1 Å². The van der Waals surface area contributed by atoms with Gasteiger partial charge in [0, 0.05) is 24.5 Å². The van der Waals surface area contributed by atoms with Gasteiger partial charge in [0.1, 0.15) is 28.9 Å². The molecule has 0 saturated carbocycles. The van der Waals surface area contributed by atoms with Crippen LogP contribution in [0.2, 0.25) is 0 Å². The molecule has 0 aromatic heterocycles. The fourth-order valence-electron chi connectivity index (χ4n) is 2.85. The molecule has 0 heterocycles. The fraction of sp³-hybridized carbons (Fsp3) is 0.286. The van der Waals surface area contributed by atoms with E-state index in [1.165, 1.54) is 19.2 Å². The summed E-state index contributed by atoms with van der Waals surface area (Å²) in [4.78, 5) is 34.1. The second-order valence-corrected chi connectivity index (χ2v) is 6.60. The number of methoxy groups -OCH3 is 1. The van der Waals surface area contributed by atoms with Crippen molar-refractivity contribution >= 4 is 17.7 Å². The zero-order valence-electron chi connectivity index (χ0n) is 18.5. The molecule has 3 N–H and O–H groups in total. The SMILES string of the molecule is COc1ccc(CCC(=O)c2c(O)cc(OC(CCC(=O)[O-])C(=O)[O-])cc2O)cc1O.[Na+].[Na+]. The maximum absolute atomic E-state index is 12.5. The van der Waals surface area contributed by atoms with Crippen LogP contribution in [0.15, 0.2) is 30.3 Å². The van der Waals surface area contributed by atoms with E-state index in [1.54, 1.807) is 6.07 Å². The zero-order valence-corrected chi connectivity index (χ0v) is 22.5. The molecule has 1 unspecified atom stereocenters. The Morgan fingerprint density at radius 3 is 2.03 bits per heavy atom. The second-order valence-electron chi connectivity index (χ2n) is 6.60. The molecule has 0 aliphatic rings. The van der Waals surface area contributed by atoms with Crippen molar-refractivity contribution in [1.82, 2.24) is 0 Å². The quantitative estimate of drug-likeness (QED) is 0.208. The summed E-state index contributed by atoms with van der Waals surface area (Å²) in [6.07, 6.45) is -2.64. The van der Waals surface area contributed by atoms with Crippen LogP contribution in [-0.4, -0.2) is 46.3 Å². The molecule has 2 rings (SSSR count). The first kappa shape index (κ1) is 31.0. The van der Waals surface area contributed by atoms with E-state index >= 15 is 0 Å². The number of benzene rings is 2. The van der Waals surface area contributed by atoms with Gasteiger partial charge in [-0.3, -0.25) is 4.79 Å². The maximum atomic E-state index is 12.5. The molecule has 0 aliphatic heterocycles. The van der Waals surface area contributed by atoms with Crippen LogP contribution >= 0.6 is 0 Å². The number of aryl methyl sites for hydroxylation is 1. The van der Waals surface area contributed by atoms with E-state index in [0.29, 0.717) is 5.56 Å². The molecule has 0 aliphatic carbocycles. The van der Waals surface area contributed by atoms with Crippen molar-refractivity contribution in [2.45, 2.75) is 31.8 Å². The number of rotatable bonds is 11. The van der Waals surface area contributed by atoms with Crippen molar-refractivity contribution in [2.24, 2.45) is 0 Å². The van der Waals surface area contributed by atoms with Gasteiger partial charge < -0.3 is 44.6 Å².